The second-order valence-corrected chi connectivity index (χ2v) is 15.1. The number of aliphatic hydroxyl groups excluding tert-OH is 1. The molecule has 1 saturated heterocycles. The van der Waals surface area contributed by atoms with E-state index in [1.807, 2.05) is 18.2 Å². The fourth-order valence-corrected chi connectivity index (χ4v) is 5.02. The highest BCUT2D eigenvalue weighted by atomic mass is 28.4. The molecular weight excluding hydrogens is 412 g/mol. The molecule has 0 aliphatic carbocycles. The van der Waals surface area contributed by atoms with Crippen molar-refractivity contribution in [2.45, 2.75) is 57.5 Å². The van der Waals surface area contributed by atoms with Crippen LogP contribution in [-0.2, 0) is 11.0 Å². The smallest absolute Gasteiger partial charge is 0.192 e. The van der Waals surface area contributed by atoms with E-state index in [2.05, 4.69) is 50.9 Å². The van der Waals surface area contributed by atoms with Crippen LogP contribution in [0.4, 0.5) is 8.78 Å². The molecule has 1 aliphatic rings. The van der Waals surface area contributed by atoms with Gasteiger partial charge in [-0.1, -0.05) is 57.2 Å². The lowest BCUT2D eigenvalue weighted by Crippen LogP contribution is -2.44. The van der Waals surface area contributed by atoms with Crippen LogP contribution in [0.3, 0.4) is 0 Å². The molecule has 1 fully saturated rings. The first-order valence-electron chi connectivity index (χ1n) is 11.0. The van der Waals surface area contributed by atoms with Crippen LogP contribution in [0.1, 0.15) is 37.8 Å². The van der Waals surface area contributed by atoms with Gasteiger partial charge in [0.15, 0.2) is 20.0 Å². The van der Waals surface area contributed by atoms with Crippen molar-refractivity contribution in [3.63, 3.8) is 0 Å². The van der Waals surface area contributed by atoms with Crippen molar-refractivity contribution in [1.82, 2.24) is 4.90 Å². The average Bonchev–Trinajstić information content (AvgIpc) is 3.12. The number of likely N-dealkylation sites (tertiary alicyclic amines) is 1. The van der Waals surface area contributed by atoms with Crippen molar-refractivity contribution in [1.29, 1.82) is 0 Å². The van der Waals surface area contributed by atoms with Crippen molar-refractivity contribution in [3.05, 3.63) is 71.3 Å². The van der Waals surface area contributed by atoms with Crippen LogP contribution in [0.15, 0.2) is 48.5 Å². The van der Waals surface area contributed by atoms with Crippen molar-refractivity contribution < 1.29 is 18.3 Å². The fraction of sp³-hybridized carbons (Fsp3) is 0.520. The molecule has 0 aromatic heterocycles. The van der Waals surface area contributed by atoms with Crippen molar-refractivity contribution in [2.24, 2.45) is 5.92 Å². The molecule has 0 bridgehead atoms. The highest BCUT2D eigenvalue weighted by molar-refractivity contribution is 6.74. The Bertz CT molecular complexity index is 870. The van der Waals surface area contributed by atoms with E-state index in [0.29, 0.717) is 13.1 Å². The van der Waals surface area contributed by atoms with Gasteiger partial charge in [-0.05, 0) is 41.4 Å². The zero-order valence-corrected chi connectivity index (χ0v) is 20.2. The van der Waals surface area contributed by atoms with Crippen LogP contribution >= 0.6 is 0 Å². The minimum absolute atomic E-state index is 0.0568. The first kappa shape index (κ1) is 24.0. The van der Waals surface area contributed by atoms with Gasteiger partial charge in [0.2, 0.25) is 0 Å². The third-order valence-corrected chi connectivity index (χ3v) is 11.5. The van der Waals surface area contributed by atoms with E-state index >= 15 is 0 Å². The zero-order chi connectivity index (χ0) is 22.8. The first-order valence-corrected chi connectivity index (χ1v) is 13.9. The molecule has 1 N–H and O–H groups in total. The van der Waals surface area contributed by atoms with Gasteiger partial charge in [-0.25, -0.2) is 8.78 Å². The molecule has 3 rings (SSSR count). The van der Waals surface area contributed by atoms with Gasteiger partial charge >= 0.3 is 0 Å². The number of halogens is 2. The minimum Gasteiger partial charge on any atom is -0.414 e. The van der Waals surface area contributed by atoms with Gasteiger partial charge in [-0.3, -0.25) is 4.90 Å². The summed E-state index contributed by atoms with van der Waals surface area (Å²) in [6.45, 7) is 13.2. The van der Waals surface area contributed by atoms with Crippen molar-refractivity contribution in [2.75, 3.05) is 19.7 Å². The lowest BCUT2D eigenvalue weighted by atomic mass is 9.85. The maximum Gasteiger partial charge on any atom is 0.192 e. The Morgan fingerprint density at radius 3 is 2.35 bits per heavy atom. The van der Waals surface area contributed by atoms with Gasteiger partial charge in [0.25, 0.3) is 0 Å². The van der Waals surface area contributed by atoms with Crippen LogP contribution in [0.2, 0.25) is 18.1 Å². The molecule has 0 saturated carbocycles. The maximum absolute atomic E-state index is 14.0. The Kier molecular flexibility index (Phi) is 7.36. The molecule has 0 radical (unpaired) electrons. The molecule has 0 spiro atoms. The highest BCUT2D eigenvalue weighted by Gasteiger charge is 2.41. The fourth-order valence-electron chi connectivity index (χ4n) is 4.00. The van der Waals surface area contributed by atoms with Crippen molar-refractivity contribution >= 4 is 8.32 Å². The summed E-state index contributed by atoms with van der Waals surface area (Å²) < 4.78 is 33.8. The number of hydrogen-bond donors (Lipinski definition) is 1. The Labute approximate surface area is 186 Å². The lowest BCUT2D eigenvalue weighted by molar-refractivity contribution is 0.0489. The van der Waals surface area contributed by atoms with Crippen LogP contribution in [0.5, 0.6) is 0 Å². The third kappa shape index (κ3) is 5.80. The summed E-state index contributed by atoms with van der Waals surface area (Å²) in [4.78, 5) is 2.28. The highest BCUT2D eigenvalue weighted by Crippen LogP contribution is 2.39. The van der Waals surface area contributed by atoms with Crippen LogP contribution < -0.4 is 0 Å². The van der Waals surface area contributed by atoms with Gasteiger partial charge in [0, 0.05) is 31.5 Å². The van der Waals surface area contributed by atoms with Crippen LogP contribution in [0, 0.1) is 17.6 Å². The second kappa shape index (κ2) is 9.49. The topological polar surface area (TPSA) is 32.7 Å². The molecule has 3 atom stereocenters. The molecule has 2 aromatic rings. The van der Waals surface area contributed by atoms with E-state index in [4.69, 9.17) is 4.43 Å². The minimum atomic E-state index is -2.00. The van der Waals surface area contributed by atoms with Crippen molar-refractivity contribution in [3.8, 4) is 0 Å². The number of hydrogen-bond acceptors (Lipinski definition) is 3. The molecule has 31 heavy (non-hydrogen) atoms. The Balaban J connectivity index is 1.78. The molecule has 2 aromatic carbocycles. The Morgan fingerprint density at radius 1 is 1.06 bits per heavy atom. The molecule has 1 aliphatic heterocycles. The zero-order valence-electron chi connectivity index (χ0n) is 19.2. The van der Waals surface area contributed by atoms with E-state index in [1.165, 1.54) is 17.7 Å². The normalized spacial score (nSPS) is 21.4. The SMILES string of the molecule is CC(C)(C)[Si](C)(C)OC[C@@H](O)[C@H]1CN(Cc2ccccc2)C[C@@H]1c1ccc(F)c(F)c1. The average molecular weight is 448 g/mol. The molecule has 1 heterocycles. The monoisotopic (exact) mass is 447 g/mol. The van der Waals surface area contributed by atoms with Gasteiger partial charge in [-0.15, -0.1) is 0 Å². The van der Waals surface area contributed by atoms with Gasteiger partial charge in [0.1, 0.15) is 0 Å². The van der Waals surface area contributed by atoms with E-state index < -0.39 is 26.1 Å². The van der Waals surface area contributed by atoms with E-state index in [9.17, 15) is 13.9 Å². The number of aliphatic hydroxyl groups is 1. The van der Waals surface area contributed by atoms with Gasteiger partial charge < -0.3 is 9.53 Å². The van der Waals surface area contributed by atoms with Gasteiger partial charge in [0.05, 0.1) is 12.7 Å². The maximum atomic E-state index is 14.0. The summed E-state index contributed by atoms with van der Waals surface area (Å²) in [7, 11) is -2.00. The van der Waals surface area contributed by atoms with Gasteiger partial charge in [-0.2, -0.15) is 0 Å². The predicted octanol–water partition coefficient (Wildman–Crippen LogP) is 5.56. The largest absolute Gasteiger partial charge is 0.414 e. The standard InChI is InChI=1S/C25H35F2NO2Si/c1-25(2,3)31(4,5)30-17-24(29)21-16-28(14-18-9-7-6-8-10-18)15-20(21)19-11-12-22(26)23(27)13-19/h6-13,20-21,24,29H,14-17H2,1-5H3/t20-,21+,24-/m1/s1. The quantitative estimate of drug-likeness (QED) is 0.564. The summed E-state index contributed by atoms with van der Waals surface area (Å²) in [6.07, 6.45) is -0.673. The molecule has 6 heteroatoms. The van der Waals surface area contributed by atoms with E-state index in [-0.39, 0.29) is 23.5 Å². The summed E-state index contributed by atoms with van der Waals surface area (Å²) in [5, 5.41) is 11.2. The van der Waals surface area contributed by atoms with Crippen LogP contribution in [-0.4, -0.2) is 44.1 Å². The number of rotatable bonds is 7. The molecule has 0 amide bonds. The first-order chi connectivity index (χ1) is 14.5. The molecule has 3 nitrogen and oxygen atoms in total. The lowest BCUT2D eigenvalue weighted by Gasteiger charge is -2.37. The molecular formula is C25H35F2NO2Si. The Morgan fingerprint density at radius 2 is 1.74 bits per heavy atom. The summed E-state index contributed by atoms with van der Waals surface area (Å²) in [5.41, 5.74) is 1.92. The predicted molar refractivity (Wildman–Crippen MR) is 123 cm³/mol. The number of benzene rings is 2. The molecule has 0 unspecified atom stereocenters. The second-order valence-electron chi connectivity index (χ2n) is 10.3. The summed E-state index contributed by atoms with van der Waals surface area (Å²) in [6, 6.07) is 14.3. The summed E-state index contributed by atoms with van der Waals surface area (Å²) >= 11 is 0. The Hall–Kier alpha value is -1.60. The van der Waals surface area contributed by atoms with E-state index in [1.54, 1.807) is 6.07 Å². The van der Waals surface area contributed by atoms with E-state index in [0.717, 1.165) is 12.1 Å². The van der Waals surface area contributed by atoms with Crippen LogP contribution in [0.25, 0.3) is 0 Å². The third-order valence-electron chi connectivity index (χ3n) is 6.98. The number of nitrogens with zero attached hydrogens (tertiary/aromatic N) is 1. The summed E-state index contributed by atoms with van der Waals surface area (Å²) in [5.74, 6) is -1.89. The molecule has 170 valence electrons.